The van der Waals surface area contributed by atoms with Gasteiger partial charge in [0, 0.05) is 24.5 Å². The van der Waals surface area contributed by atoms with Crippen LogP contribution in [0.1, 0.15) is 16.1 Å². The predicted octanol–water partition coefficient (Wildman–Crippen LogP) is 4.66. The van der Waals surface area contributed by atoms with E-state index in [1.807, 2.05) is 12.1 Å². The van der Waals surface area contributed by atoms with Crippen molar-refractivity contribution in [3.05, 3.63) is 101 Å². The maximum absolute atomic E-state index is 14.3. The molecule has 1 N–H and O–H groups in total. The third kappa shape index (κ3) is 4.02. The summed E-state index contributed by atoms with van der Waals surface area (Å²) >= 11 is 6.32. The fourth-order valence-electron chi connectivity index (χ4n) is 2.92. The SMILES string of the molecule is O=C(NCc1ccncc1)c1cc(-c2ccccc2F)nn1-c1ccccc1Cl. The Morgan fingerprint density at radius 3 is 2.52 bits per heavy atom. The Hall–Kier alpha value is -3.51. The van der Waals surface area contributed by atoms with Gasteiger partial charge in [-0.05, 0) is 48.0 Å². The number of pyridine rings is 1. The highest BCUT2D eigenvalue weighted by atomic mass is 35.5. The summed E-state index contributed by atoms with van der Waals surface area (Å²) in [6.07, 6.45) is 3.32. The van der Waals surface area contributed by atoms with E-state index in [2.05, 4.69) is 15.4 Å². The van der Waals surface area contributed by atoms with Crippen LogP contribution in [0.15, 0.2) is 79.1 Å². The number of hydrogen-bond acceptors (Lipinski definition) is 3. The largest absolute Gasteiger partial charge is 0.347 e. The van der Waals surface area contributed by atoms with Crippen molar-refractivity contribution in [2.75, 3.05) is 0 Å². The summed E-state index contributed by atoms with van der Waals surface area (Å²) < 4.78 is 15.7. The Morgan fingerprint density at radius 2 is 1.76 bits per heavy atom. The molecule has 4 rings (SSSR count). The highest BCUT2D eigenvalue weighted by molar-refractivity contribution is 6.32. The minimum Gasteiger partial charge on any atom is -0.347 e. The Kier molecular flexibility index (Phi) is 5.35. The van der Waals surface area contributed by atoms with Gasteiger partial charge in [0.15, 0.2) is 0 Å². The van der Waals surface area contributed by atoms with E-state index < -0.39 is 5.82 Å². The van der Waals surface area contributed by atoms with Crippen molar-refractivity contribution in [3.63, 3.8) is 0 Å². The van der Waals surface area contributed by atoms with Crippen molar-refractivity contribution in [2.45, 2.75) is 6.54 Å². The van der Waals surface area contributed by atoms with Gasteiger partial charge >= 0.3 is 0 Å². The number of nitrogens with zero attached hydrogens (tertiary/aromatic N) is 3. The summed E-state index contributed by atoms with van der Waals surface area (Å²) in [6, 6.07) is 18.5. The quantitative estimate of drug-likeness (QED) is 0.524. The minimum atomic E-state index is -0.417. The first-order valence-corrected chi connectivity index (χ1v) is 9.28. The smallest absolute Gasteiger partial charge is 0.270 e. The Bertz CT molecular complexity index is 1160. The molecule has 0 aliphatic carbocycles. The molecule has 1 amide bonds. The van der Waals surface area contributed by atoms with Gasteiger partial charge < -0.3 is 5.32 Å². The first kappa shape index (κ1) is 18.8. The lowest BCUT2D eigenvalue weighted by atomic mass is 10.1. The van der Waals surface area contributed by atoms with Crippen LogP contribution in [0.5, 0.6) is 0 Å². The van der Waals surface area contributed by atoms with E-state index in [0.29, 0.717) is 28.5 Å². The number of benzene rings is 2. The van der Waals surface area contributed by atoms with Gasteiger partial charge in [-0.1, -0.05) is 35.9 Å². The number of halogens is 2. The van der Waals surface area contributed by atoms with Crippen molar-refractivity contribution < 1.29 is 9.18 Å². The number of nitrogens with one attached hydrogen (secondary N) is 1. The van der Waals surface area contributed by atoms with Crippen LogP contribution in [0, 0.1) is 5.82 Å². The Labute approximate surface area is 171 Å². The van der Waals surface area contributed by atoms with E-state index in [0.717, 1.165) is 5.56 Å². The number of carbonyl (C=O) groups excluding carboxylic acids is 1. The molecule has 144 valence electrons. The van der Waals surface area contributed by atoms with E-state index in [4.69, 9.17) is 11.6 Å². The zero-order valence-corrected chi connectivity index (χ0v) is 16.0. The Morgan fingerprint density at radius 1 is 1.03 bits per heavy atom. The van der Waals surface area contributed by atoms with Crippen LogP contribution < -0.4 is 5.32 Å². The summed E-state index contributed by atoms with van der Waals surface area (Å²) in [7, 11) is 0. The monoisotopic (exact) mass is 406 g/mol. The number of amides is 1. The highest BCUT2D eigenvalue weighted by Gasteiger charge is 2.20. The first-order valence-electron chi connectivity index (χ1n) is 8.90. The first-order chi connectivity index (χ1) is 14.1. The van der Waals surface area contributed by atoms with E-state index in [-0.39, 0.29) is 11.6 Å². The maximum Gasteiger partial charge on any atom is 0.270 e. The number of aromatic nitrogens is 3. The molecule has 0 aliphatic heterocycles. The van der Waals surface area contributed by atoms with Crippen LogP contribution in [-0.4, -0.2) is 20.7 Å². The Balaban J connectivity index is 1.74. The van der Waals surface area contributed by atoms with Crippen molar-refractivity contribution in [1.82, 2.24) is 20.1 Å². The second kappa shape index (κ2) is 8.24. The molecule has 0 saturated heterocycles. The van der Waals surface area contributed by atoms with Crippen LogP contribution in [0.4, 0.5) is 4.39 Å². The van der Waals surface area contributed by atoms with Gasteiger partial charge in [0.05, 0.1) is 16.4 Å². The van der Waals surface area contributed by atoms with Gasteiger partial charge in [0.1, 0.15) is 11.5 Å². The lowest BCUT2D eigenvalue weighted by Crippen LogP contribution is -2.25. The average Bonchev–Trinajstić information content (AvgIpc) is 3.18. The van der Waals surface area contributed by atoms with E-state index in [9.17, 15) is 9.18 Å². The molecular formula is C22H16ClFN4O. The molecule has 0 atom stereocenters. The van der Waals surface area contributed by atoms with Gasteiger partial charge in [-0.15, -0.1) is 0 Å². The standard InChI is InChI=1S/C22H16ClFN4O/c23-17-6-2-4-8-20(17)28-21(22(29)26-14-15-9-11-25-12-10-15)13-19(27-28)16-5-1-3-7-18(16)24/h1-13H,14H2,(H,26,29). The molecule has 0 fully saturated rings. The van der Waals surface area contributed by atoms with Crippen LogP contribution in [0.2, 0.25) is 5.02 Å². The fraction of sp³-hybridized carbons (Fsp3) is 0.0455. The van der Waals surface area contributed by atoms with Crippen LogP contribution in [0.3, 0.4) is 0 Å². The van der Waals surface area contributed by atoms with Crippen molar-refractivity contribution in [3.8, 4) is 16.9 Å². The zero-order valence-electron chi connectivity index (χ0n) is 15.2. The summed E-state index contributed by atoms with van der Waals surface area (Å²) in [5.74, 6) is -0.767. The average molecular weight is 407 g/mol. The normalized spacial score (nSPS) is 10.7. The van der Waals surface area contributed by atoms with E-state index >= 15 is 0 Å². The minimum absolute atomic E-state index is 0.255. The fourth-order valence-corrected chi connectivity index (χ4v) is 3.14. The molecule has 29 heavy (non-hydrogen) atoms. The molecule has 7 heteroatoms. The summed E-state index contributed by atoms with van der Waals surface area (Å²) in [5.41, 5.74) is 2.35. The van der Waals surface area contributed by atoms with Gasteiger partial charge in [0.25, 0.3) is 5.91 Å². The van der Waals surface area contributed by atoms with Crippen LogP contribution in [0.25, 0.3) is 16.9 Å². The molecule has 0 unspecified atom stereocenters. The van der Waals surface area contributed by atoms with Crippen molar-refractivity contribution in [2.24, 2.45) is 0 Å². The second-order valence-electron chi connectivity index (χ2n) is 6.30. The molecular weight excluding hydrogens is 391 g/mol. The summed E-state index contributed by atoms with van der Waals surface area (Å²) in [6.45, 7) is 0.323. The van der Waals surface area contributed by atoms with Crippen molar-refractivity contribution >= 4 is 17.5 Å². The molecule has 0 bridgehead atoms. The van der Waals surface area contributed by atoms with Gasteiger partial charge in [-0.2, -0.15) is 5.10 Å². The molecule has 2 heterocycles. The van der Waals surface area contributed by atoms with Gasteiger partial charge in [-0.25, -0.2) is 9.07 Å². The number of para-hydroxylation sites is 1. The lowest BCUT2D eigenvalue weighted by molar-refractivity contribution is 0.0943. The molecule has 2 aromatic heterocycles. The van der Waals surface area contributed by atoms with E-state index in [1.54, 1.807) is 60.9 Å². The lowest BCUT2D eigenvalue weighted by Gasteiger charge is -2.09. The molecule has 0 spiro atoms. The number of carbonyl (C=O) groups is 1. The zero-order chi connectivity index (χ0) is 20.2. The van der Waals surface area contributed by atoms with E-state index in [1.165, 1.54) is 10.7 Å². The topological polar surface area (TPSA) is 59.8 Å². The predicted molar refractivity (Wildman–Crippen MR) is 109 cm³/mol. The molecule has 2 aromatic carbocycles. The molecule has 0 radical (unpaired) electrons. The number of rotatable bonds is 5. The van der Waals surface area contributed by atoms with Crippen LogP contribution in [-0.2, 0) is 6.54 Å². The molecule has 5 nitrogen and oxygen atoms in total. The molecule has 0 saturated carbocycles. The van der Waals surface area contributed by atoms with Gasteiger partial charge in [0.2, 0.25) is 0 Å². The third-order valence-corrected chi connectivity index (χ3v) is 4.69. The molecule has 4 aromatic rings. The third-order valence-electron chi connectivity index (χ3n) is 4.37. The summed E-state index contributed by atoms with van der Waals surface area (Å²) in [4.78, 5) is 16.9. The number of hydrogen-bond donors (Lipinski definition) is 1. The van der Waals surface area contributed by atoms with Crippen LogP contribution >= 0.6 is 11.6 Å². The van der Waals surface area contributed by atoms with Crippen molar-refractivity contribution in [1.29, 1.82) is 0 Å². The highest BCUT2D eigenvalue weighted by Crippen LogP contribution is 2.27. The summed E-state index contributed by atoms with van der Waals surface area (Å²) in [5, 5.41) is 7.76. The maximum atomic E-state index is 14.3. The van der Waals surface area contributed by atoms with Gasteiger partial charge in [-0.3, -0.25) is 9.78 Å². The second-order valence-corrected chi connectivity index (χ2v) is 6.70. The molecule has 0 aliphatic rings.